The first kappa shape index (κ1) is 11.8. The molecule has 0 bridgehead atoms. The molecule has 0 aromatic carbocycles. The van der Waals surface area contributed by atoms with Crippen LogP contribution in [-0.2, 0) is 11.3 Å². The highest BCUT2D eigenvalue weighted by molar-refractivity contribution is 7.12. The van der Waals surface area contributed by atoms with Crippen molar-refractivity contribution in [2.24, 2.45) is 0 Å². The first-order chi connectivity index (χ1) is 8.15. The fourth-order valence-electron chi connectivity index (χ4n) is 1.30. The molecule has 0 spiro atoms. The summed E-state index contributed by atoms with van der Waals surface area (Å²) in [5.41, 5.74) is 0. The van der Waals surface area contributed by atoms with Gasteiger partial charge >= 0.3 is 10.8 Å². The van der Waals surface area contributed by atoms with Crippen LogP contribution in [0.3, 0.4) is 0 Å². The summed E-state index contributed by atoms with van der Waals surface area (Å²) in [5.74, 6) is -0.964. The predicted molar refractivity (Wildman–Crippen MR) is 68.7 cm³/mol. The molecule has 0 atom stereocenters. The Morgan fingerprint density at radius 2 is 2.29 bits per heavy atom. The highest BCUT2D eigenvalue weighted by Gasteiger charge is 2.01. The average molecular weight is 267 g/mol. The fraction of sp³-hybridized carbons (Fsp3) is 0.0909. The van der Waals surface area contributed by atoms with Crippen molar-refractivity contribution < 1.29 is 9.90 Å². The van der Waals surface area contributed by atoms with Gasteiger partial charge in [0.2, 0.25) is 0 Å². The van der Waals surface area contributed by atoms with E-state index in [0.717, 1.165) is 27.2 Å². The molecule has 2 aromatic heterocycles. The van der Waals surface area contributed by atoms with E-state index in [2.05, 4.69) is 0 Å². The maximum atomic E-state index is 11.3. The minimum Gasteiger partial charge on any atom is -0.478 e. The minimum absolute atomic E-state index is 0.0148. The SMILES string of the molecule is O=C(O)/C=C/c1ccc(Cn2ccsc2=O)s1. The number of rotatable bonds is 4. The van der Waals surface area contributed by atoms with Crippen molar-refractivity contribution in [3.05, 3.63) is 49.2 Å². The number of carbonyl (C=O) groups is 1. The van der Waals surface area contributed by atoms with Gasteiger partial charge in [0.15, 0.2) is 0 Å². The molecular formula is C11H9NO3S2. The van der Waals surface area contributed by atoms with Crippen molar-refractivity contribution in [1.29, 1.82) is 0 Å². The van der Waals surface area contributed by atoms with Crippen LogP contribution in [0.1, 0.15) is 9.75 Å². The van der Waals surface area contributed by atoms with Gasteiger partial charge in [0.25, 0.3) is 0 Å². The van der Waals surface area contributed by atoms with E-state index < -0.39 is 5.97 Å². The van der Waals surface area contributed by atoms with Crippen molar-refractivity contribution in [3.8, 4) is 0 Å². The van der Waals surface area contributed by atoms with Crippen LogP contribution < -0.4 is 4.87 Å². The number of aromatic nitrogens is 1. The molecule has 0 unspecified atom stereocenters. The lowest BCUT2D eigenvalue weighted by Crippen LogP contribution is -2.11. The molecule has 17 heavy (non-hydrogen) atoms. The molecule has 6 heteroatoms. The van der Waals surface area contributed by atoms with E-state index >= 15 is 0 Å². The van der Waals surface area contributed by atoms with E-state index in [1.807, 2.05) is 12.1 Å². The maximum absolute atomic E-state index is 11.3. The summed E-state index contributed by atoms with van der Waals surface area (Å²) >= 11 is 2.64. The molecule has 0 saturated carbocycles. The largest absolute Gasteiger partial charge is 0.478 e. The van der Waals surface area contributed by atoms with Crippen LogP contribution in [0, 0.1) is 0 Å². The normalized spacial score (nSPS) is 11.1. The second-order valence-electron chi connectivity index (χ2n) is 3.27. The van der Waals surface area contributed by atoms with Crippen LogP contribution >= 0.6 is 22.7 Å². The monoisotopic (exact) mass is 267 g/mol. The zero-order chi connectivity index (χ0) is 12.3. The average Bonchev–Trinajstić information content (AvgIpc) is 2.87. The minimum atomic E-state index is -0.964. The van der Waals surface area contributed by atoms with E-state index in [4.69, 9.17) is 5.11 Å². The van der Waals surface area contributed by atoms with Crippen molar-refractivity contribution in [2.75, 3.05) is 0 Å². The molecule has 0 aliphatic rings. The van der Waals surface area contributed by atoms with Crippen molar-refractivity contribution in [2.45, 2.75) is 6.54 Å². The first-order valence-corrected chi connectivity index (χ1v) is 6.48. The number of thiazole rings is 1. The highest BCUT2D eigenvalue weighted by atomic mass is 32.1. The first-order valence-electron chi connectivity index (χ1n) is 4.79. The lowest BCUT2D eigenvalue weighted by molar-refractivity contribution is -0.131. The van der Waals surface area contributed by atoms with Gasteiger partial charge in [0, 0.05) is 27.4 Å². The quantitative estimate of drug-likeness (QED) is 0.863. The van der Waals surface area contributed by atoms with Gasteiger partial charge in [-0.2, -0.15) is 0 Å². The zero-order valence-electron chi connectivity index (χ0n) is 8.70. The van der Waals surface area contributed by atoms with Gasteiger partial charge in [-0.3, -0.25) is 4.79 Å². The van der Waals surface area contributed by atoms with E-state index in [9.17, 15) is 9.59 Å². The Kier molecular flexibility index (Phi) is 3.55. The Hall–Kier alpha value is -1.66. The molecule has 2 rings (SSSR count). The van der Waals surface area contributed by atoms with E-state index in [1.54, 1.807) is 22.2 Å². The Bertz CT molecular complexity index is 606. The molecule has 88 valence electrons. The Morgan fingerprint density at radius 3 is 2.94 bits per heavy atom. The molecule has 0 amide bonds. The van der Waals surface area contributed by atoms with E-state index in [-0.39, 0.29) is 4.87 Å². The summed E-state index contributed by atoms with van der Waals surface area (Å²) in [7, 11) is 0. The zero-order valence-corrected chi connectivity index (χ0v) is 10.3. The number of aliphatic carboxylic acids is 1. The fourth-order valence-corrected chi connectivity index (χ4v) is 2.80. The molecule has 0 fully saturated rings. The maximum Gasteiger partial charge on any atom is 0.328 e. The van der Waals surface area contributed by atoms with Gasteiger partial charge in [0.05, 0.1) is 6.54 Å². The molecule has 2 aromatic rings. The van der Waals surface area contributed by atoms with Crippen LogP contribution in [0.5, 0.6) is 0 Å². The number of hydrogen-bond acceptors (Lipinski definition) is 4. The third-order valence-electron chi connectivity index (χ3n) is 2.04. The summed E-state index contributed by atoms with van der Waals surface area (Å²) in [6.07, 6.45) is 4.40. The van der Waals surface area contributed by atoms with Crippen LogP contribution in [-0.4, -0.2) is 15.6 Å². The van der Waals surface area contributed by atoms with Gasteiger partial charge in [-0.05, 0) is 18.2 Å². The second kappa shape index (κ2) is 5.11. The summed E-state index contributed by atoms with van der Waals surface area (Å²) in [4.78, 5) is 23.6. The third kappa shape index (κ3) is 3.15. The van der Waals surface area contributed by atoms with E-state index in [0.29, 0.717) is 6.54 Å². The van der Waals surface area contributed by atoms with Crippen LogP contribution in [0.4, 0.5) is 0 Å². The molecule has 1 N–H and O–H groups in total. The van der Waals surface area contributed by atoms with Crippen molar-refractivity contribution in [3.63, 3.8) is 0 Å². The number of carboxylic acid groups (broad SMARTS) is 1. The number of thiophene rings is 1. The van der Waals surface area contributed by atoms with Crippen molar-refractivity contribution >= 4 is 34.7 Å². The lowest BCUT2D eigenvalue weighted by atomic mass is 10.4. The summed E-state index contributed by atoms with van der Waals surface area (Å²) < 4.78 is 1.63. The molecule has 0 aliphatic carbocycles. The van der Waals surface area contributed by atoms with Gasteiger partial charge in [-0.15, -0.1) is 11.3 Å². The number of hydrogen-bond donors (Lipinski definition) is 1. The topological polar surface area (TPSA) is 59.3 Å². The summed E-state index contributed by atoms with van der Waals surface area (Å²) in [6.45, 7) is 0.536. The van der Waals surface area contributed by atoms with Gasteiger partial charge in [-0.25, -0.2) is 4.79 Å². The highest BCUT2D eigenvalue weighted by Crippen LogP contribution is 2.18. The lowest BCUT2D eigenvalue weighted by Gasteiger charge is -1.96. The molecule has 4 nitrogen and oxygen atoms in total. The molecule has 0 saturated heterocycles. The summed E-state index contributed by atoms with van der Waals surface area (Å²) in [6, 6.07) is 3.74. The Balaban J connectivity index is 2.11. The molecule has 2 heterocycles. The Morgan fingerprint density at radius 1 is 1.47 bits per heavy atom. The van der Waals surface area contributed by atoms with Crippen molar-refractivity contribution in [1.82, 2.24) is 4.57 Å². The van der Waals surface area contributed by atoms with Crippen LogP contribution in [0.15, 0.2) is 34.6 Å². The number of carboxylic acids is 1. The molecular weight excluding hydrogens is 258 g/mol. The third-order valence-corrected chi connectivity index (χ3v) is 3.77. The van der Waals surface area contributed by atoms with Gasteiger partial charge in [0.1, 0.15) is 0 Å². The standard InChI is InChI=1S/C11H9NO3S2/c13-10(14)4-3-8-1-2-9(17-8)7-12-5-6-16-11(12)15/h1-6H,7H2,(H,13,14)/b4-3+. The molecule has 0 radical (unpaired) electrons. The Labute approximate surface area is 105 Å². The predicted octanol–water partition coefficient (Wildman–Crippen LogP) is 2.12. The van der Waals surface area contributed by atoms with Gasteiger partial charge < -0.3 is 9.67 Å². The second-order valence-corrected chi connectivity index (χ2v) is 5.33. The smallest absolute Gasteiger partial charge is 0.328 e. The van der Waals surface area contributed by atoms with Crippen LogP contribution in [0.2, 0.25) is 0 Å². The summed E-state index contributed by atoms with van der Waals surface area (Å²) in [5, 5.41) is 10.3. The van der Waals surface area contributed by atoms with Gasteiger partial charge in [-0.1, -0.05) is 11.3 Å². The molecule has 0 aliphatic heterocycles. The van der Waals surface area contributed by atoms with E-state index in [1.165, 1.54) is 11.3 Å². The number of nitrogens with zero attached hydrogens (tertiary/aromatic N) is 1. The van der Waals surface area contributed by atoms with Crippen LogP contribution in [0.25, 0.3) is 6.08 Å².